The predicted octanol–water partition coefficient (Wildman–Crippen LogP) is 4.86. The van der Waals surface area contributed by atoms with Crippen molar-refractivity contribution in [3.8, 4) is 11.5 Å². The van der Waals surface area contributed by atoms with Gasteiger partial charge in [0.25, 0.3) is 5.91 Å². The highest BCUT2D eigenvalue weighted by molar-refractivity contribution is 7.10. The summed E-state index contributed by atoms with van der Waals surface area (Å²) in [6, 6.07) is 15.9. The van der Waals surface area contributed by atoms with Gasteiger partial charge in [-0.2, -0.15) is 0 Å². The van der Waals surface area contributed by atoms with Crippen LogP contribution in [0.4, 0.5) is 0 Å². The first-order valence-corrected chi connectivity index (χ1v) is 10.2. The summed E-state index contributed by atoms with van der Waals surface area (Å²) in [5, 5.41) is 2.05. The summed E-state index contributed by atoms with van der Waals surface area (Å²) in [5.41, 5.74) is 4.17. The lowest BCUT2D eigenvalue weighted by molar-refractivity contribution is 0.0697. The number of amides is 1. The fraction of sp³-hybridized carbons (Fsp3) is 0.261. The molecule has 0 N–H and O–H groups in total. The summed E-state index contributed by atoms with van der Waals surface area (Å²) in [7, 11) is 3.29. The number of carbonyl (C=O) groups is 1. The lowest BCUT2D eigenvalue weighted by Gasteiger charge is -2.37. The molecule has 3 aromatic rings. The summed E-state index contributed by atoms with van der Waals surface area (Å²) < 4.78 is 11.0. The second-order valence-corrected chi connectivity index (χ2v) is 7.92. The highest BCUT2D eigenvalue weighted by atomic mass is 32.1. The van der Waals surface area contributed by atoms with Gasteiger partial charge in [-0.15, -0.1) is 11.3 Å². The van der Waals surface area contributed by atoms with Crippen LogP contribution < -0.4 is 9.47 Å². The maximum atomic E-state index is 13.4. The molecule has 1 aliphatic rings. The number of methoxy groups -OCH3 is 2. The van der Waals surface area contributed by atoms with Crippen molar-refractivity contribution >= 4 is 17.2 Å². The molecule has 4 rings (SSSR count). The number of carbonyl (C=O) groups excluding carboxylic acids is 1. The number of hydrogen-bond donors (Lipinski definition) is 0. The van der Waals surface area contributed by atoms with Gasteiger partial charge in [-0.05, 0) is 60.2 Å². The molecule has 5 heteroatoms. The first kappa shape index (κ1) is 18.6. The Morgan fingerprint density at radius 1 is 1.07 bits per heavy atom. The van der Waals surface area contributed by atoms with Crippen LogP contribution in [-0.2, 0) is 6.42 Å². The van der Waals surface area contributed by atoms with E-state index in [1.807, 2.05) is 54.3 Å². The zero-order chi connectivity index (χ0) is 19.7. The number of hydrogen-bond acceptors (Lipinski definition) is 4. The van der Waals surface area contributed by atoms with Crippen LogP contribution in [0.1, 0.15) is 38.0 Å². The number of nitrogens with zero attached hydrogens (tertiary/aromatic N) is 1. The first-order chi connectivity index (χ1) is 13.6. The molecule has 4 nitrogen and oxygen atoms in total. The van der Waals surface area contributed by atoms with E-state index >= 15 is 0 Å². The lowest BCUT2D eigenvalue weighted by atomic mass is 9.90. The minimum Gasteiger partial charge on any atom is -0.493 e. The monoisotopic (exact) mass is 393 g/mol. The van der Waals surface area contributed by atoms with Crippen molar-refractivity contribution in [1.29, 1.82) is 0 Å². The van der Waals surface area contributed by atoms with Gasteiger partial charge in [0.2, 0.25) is 0 Å². The molecule has 0 aliphatic carbocycles. The highest BCUT2D eigenvalue weighted by Crippen LogP contribution is 2.42. The zero-order valence-corrected chi connectivity index (χ0v) is 17.1. The third-order valence-electron chi connectivity index (χ3n) is 5.25. The number of ether oxygens (including phenoxy) is 2. The molecule has 0 bridgehead atoms. The van der Waals surface area contributed by atoms with Crippen molar-refractivity contribution in [2.24, 2.45) is 0 Å². The smallest absolute Gasteiger partial charge is 0.254 e. The number of thiophene rings is 1. The normalized spacial score (nSPS) is 15.8. The van der Waals surface area contributed by atoms with Gasteiger partial charge in [0, 0.05) is 17.0 Å². The molecule has 1 atom stereocenters. The fourth-order valence-electron chi connectivity index (χ4n) is 3.78. The third-order valence-corrected chi connectivity index (χ3v) is 6.17. The number of benzene rings is 2. The molecule has 0 radical (unpaired) electrons. The van der Waals surface area contributed by atoms with Crippen LogP contribution in [0.3, 0.4) is 0 Å². The summed E-state index contributed by atoms with van der Waals surface area (Å²) in [5.74, 6) is 1.47. The molecule has 1 aliphatic heterocycles. The summed E-state index contributed by atoms with van der Waals surface area (Å²) >= 11 is 1.67. The molecule has 0 spiro atoms. The Kier molecular flexibility index (Phi) is 5.09. The summed E-state index contributed by atoms with van der Waals surface area (Å²) in [6.45, 7) is 2.69. The Morgan fingerprint density at radius 2 is 1.79 bits per heavy atom. The van der Waals surface area contributed by atoms with Crippen molar-refractivity contribution in [1.82, 2.24) is 4.90 Å². The average Bonchev–Trinajstić information content (AvgIpc) is 3.26. The van der Waals surface area contributed by atoms with E-state index in [0.29, 0.717) is 12.3 Å². The quantitative estimate of drug-likeness (QED) is 0.635. The van der Waals surface area contributed by atoms with Crippen molar-refractivity contribution in [3.05, 3.63) is 81.0 Å². The standard InChI is InChI=1S/C23H23NO3S/c1-15-6-8-16(9-7-15)23(25)24-11-10-17-13-19(26-2)20(27-3)14-18(17)22(24)21-5-4-12-28-21/h4-9,12-14,22H,10-11H2,1-3H3/t22-/m0/s1. The first-order valence-electron chi connectivity index (χ1n) is 9.28. The molecule has 28 heavy (non-hydrogen) atoms. The van der Waals surface area contributed by atoms with Gasteiger partial charge in [0.15, 0.2) is 11.5 Å². The zero-order valence-electron chi connectivity index (χ0n) is 16.3. The molecular formula is C23H23NO3S. The van der Waals surface area contributed by atoms with Gasteiger partial charge in [-0.1, -0.05) is 23.8 Å². The maximum absolute atomic E-state index is 13.4. The van der Waals surface area contributed by atoms with Gasteiger partial charge in [0.1, 0.15) is 0 Å². The van der Waals surface area contributed by atoms with Gasteiger partial charge < -0.3 is 14.4 Å². The highest BCUT2D eigenvalue weighted by Gasteiger charge is 2.34. The minimum atomic E-state index is -0.127. The van der Waals surface area contributed by atoms with E-state index in [9.17, 15) is 4.79 Å². The van der Waals surface area contributed by atoms with Gasteiger partial charge in [0.05, 0.1) is 20.3 Å². The van der Waals surface area contributed by atoms with Crippen molar-refractivity contribution < 1.29 is 14.3 Å². The Morgan fingerprint density at radius 3 is 2.43 bits per heavy atom. The molecule has 2 heterocycles. The number of fused-ring (bicyclic) bond motifs is 1. The van der Waals surface area contributed by atoms with Crippen LogP contribution in [0.25, 0.3) is 0 Å². The van der Waals surface area contributed by atoms with Crippen LogP contribution in [0.2, 0.25) is 0 Å². The molecule has 1 aromatic heterocycles. The SMILES string of the molecule is COc1cc2c(cc1OC)[C@@H](c1cccs1)N(C(=O)c1ccc(C)cc1)CC2. The Bertz CT molecular complexity index is 980. The van der Waals surface area contributed by atoms with Crippen molar-refractivity contribution in [2.45, 2.75) is 19.4 Å². The third kappa shape index (κ3) is 3.27. The van der Waals surface area contributed by atoms with Crippen molar-refractivity contribution in [3.63, 3.8) is 0 Å². The largest absolute Gasteiger partial charge is 0.493 e. The van der Waals surface area contributed by atoms with Gasteiger partial charge in [-0.25, -0.2) is 0 Å². The van der Waals surface area contributed by atoms with E-state index in [0.717, 1.165) is 33.7 Å². The second kappa shape index (κ2) is 7.68. The number of rotatable bonds is 4. The van der Waals surface area contributed by atoms with E-state index in [1.54, 1.807) is 25.6 Å². The maximum Gasteiger partial charge on any atom is 0.254 e. The van der Waals surface area contributed by atoms with E-state index in [-0.39, 0.29) is 11.9 Å². The van der Waals surface area contributed by atoms with Crippen LogP contribution in [0.5, 0.6) is 11.5 Å². The topological polar surface area (TPSA) is 38.8 Å². The molecule has 1 amide bonds. The van der Waals surface area contributed by atoms with E-state index < -0.39 is 0 Å². The van der Waals surface area contributed by atoms with Gasteiger partial charge in [-0.3, -0.25) is 4.79 Å². The van der Waals surface area contributed by atoms with E-state index in [2.05, 4.69) is 11.4 Å². The number of aryl methyl sites for hydroxylation is 1. The minimum absolute atomic E-state index is 0.0545. The van der Waals surface area contributed by atoms with Gasteiger partial charge >= 0.3 is 0 Å². The second-order valence-electron chi connectivity index (χ2n) is 6.94. The Hall–Kier alpha value is -2.79. The van der Waals surface area contributed by atoms with Crippen LogP contribution in [0.15, 0.2) is 53.9 Å². The molecule has 0 unspecified atom stereocenters. The Balaban J connectivity index is 1.81. The van der Waals surface area contributed by atoms with E-state index in [1.165, 1.54) is 5.56 Å². The van der Waals surface area contributed by atoms with Crippen molar-refractivity contribution in [2.75, 3.05) is 20.8 Å². The van der Waals surface area contributed by atoms with E-state index in [4.69, 9.17) is 9.47 Å². The molecule has 0 saturated heterocycles. The predicted molar refractivity (Wildman–Crippen MR) is 112 cm³/mol. The molecule has 0 saturated carbocycles. The molecule has 144 valence electrons. The average molecular weight is 394 g/mol. The lowest BCUT2D eigenvalue weighted by Crippen LogP contribution is -2.40. The molecular weight excluding hydrogens is 370 g/mol. The van der Waals surface area contributed by atoms with Crippen LogP contribution in [-0.4, -0.2) is 31.6 Å². The molecule has 2 aromatic carbocycles. The Labute approximate surface area is 169 Å². The molecule has 0 fully saturated rings. The summed E-state index contributed by atoms with van der Waals surface area (Å²) in [6.07, 6.45) is 0.787. The van der Waals surface area contributed by atoms with Crippen LogP contribution >= 0.6 is 11.3 Å². The summed E-state index contributed by atoms with van der Waals surface area (Å²) in [4.78, 5) is 16.5. The fourth-order valence-corrected chi connectivity index (χ4v) is 4.63. The van der Waals surface area contributed by atoms with Crippen LogP contribution in [0, 0.1) is 6.92 Å².